The summed E-state index contributed by atoms with van der Waals surface area (Å²) in [4.78, 5) is 12.0. The molecule has 3 nitrogen and oxygen atoms in total. The first-order chi connectivity index (χ1) is 13.6. The summed E-state index contributed by atoms with van der Waals surface area (Å²) < 4.78 is 5.82. The van der Waals surface area contributed by atoms with Crippen molar-refractivity contribution in [2.75, 3.05) is 0 Å². The SMILES string of the molecule is CCCCCCCCCCC1(CCCCCCCCCC)CC[C@H](O)C(=O)O1. The summed E-state index contributed by atoms with van der Waals surface area (Å²) in [6, 6.07) is 0. The Balaban J connectivity index is 2.25. The van der Waals surface area contributed by atoms with Gasteiger partial charge in [-0.2, -0.15) is 0 Å². The van der Waals surface area contributed by atoms with Gasteiger partial charge in [0.1, 0.15) is 5.60 Å². The Kier molecular flexibility index (Phi) is 14.8. The van der Waals surface area contributed by atoms with E-state index in [0.717, 1.165) is 32.1 Å². The second kappa shape index (κ2) is 16.3. The van der Waals surface area contributed by atoms with Gasteiger partial charge in [-0.15, -0.1) is 0 Å². The molecule has 0 aromatic carbocycles. The third-order valence-electron chi connectivity index (χ3n) is 6.43. The van der Waals surface area contributed by atoms with Crippen LogP contribution in [0.25, 0.3) is 0 Å². The molecule has 0 bridgehead atoms. The highest BCUT2D eigenvalue weighted by Gasteiger charge is 2.40. The normalized spacial score (nSPS) is 19.0. The maximum Gasteiger partial charge on any atom is 0.335 e. The van der Waals surface area contributed by atoms with Crippen molar-refractivity contribution in [1.82, 2.24) is 0 Å². The van der Waals surface area contributed by atoms with Crippen molar-refractivity contribution in [2.45, 2.75) is 154 Å². The molecule has 28 heavy (non-hydrogen) atoms. The van der Waals surface area contributed by atoms with E-state index in [1.54, 1.807) is 0 Å². The molecule has 0 aromatic heterocycles. The van der Waals surface area contributed by atoms with Crippen molar-refractivity contribution in [2.24, 2.45) is 0 Å². The van der Waals surface area contributed by atoms with E-state index in [-0.39, 0.29) is 11.6 Å². The first-order valence-corrected chi connectivity index (χ1v) is 12.5. The van der Waals surface area contributed by atoms with Crippen molar-refractivity contribution < 1.29 is 14.6 Å². The van der Waals surface area contributed by atoms with Gasteiger partial charge in [0.2, 0.25) is 0 Å². The maximum absolute atomic E-state index is 12.0. The number of ether oxygens (including phenoxy) is 1. The quantitative estimate of drug-likeness (QED) is 0.193. The fraction of sp³-hybridized carbons (Fsp3) is 0.960. The van der Waals surface area contributed by atoms with Crippen molar-refractivity contribution in [3.05, 3.63) is 0 Å². The molecule has 3 heteroatoms. The summed E-state index contributed by atoms with van der Waals surface area (Å²) in [5.41, 5.74) is -0.291. The summed E-state index contributed by atoms with van der Waals surface area (Å²) in [6.07, 6.45) is 23.3. The smallest absolute Gasteiger partial charge is 0.335 e. The molecule has 0 spiro atoms. The number of aliphatic hydroxyl groups is 1. The van der Waals surface area contributed by atoms with Gasteiger partial charge in [-0.25, -0.2) is 4.79 Å². The third kappa shape index (κ3) is 11.4. The van der Waals surface area contributed by atoms with E-state index in [9.17, 15) is 9.90 Å². The number of unbranched alkanes of at least 4 members (excludes halogenated alkanes) is 14. The predicted octanol–water partition coefficient (Wildman–Crippen LogP) is 7.48. The molecule has 1 aliphatic heterocycles. The molecule has 0 aliphatic carbocycles. The Morgan fingerprint density at radius 1 is 0.750 bits per heavy atom. The molecule has 1 atom stereocenters. The van der Waals surface area contributed by atoms with Crippen molar-refractivity contribution >= 4 is 5.97 Å². The number of hydrogen-bond acceptors (Lipinski definition) is 3. The van der Waals surface area contributed by atoms with E-state index in [1.807, 2.05) is 0 Å². The van der Waals surface area contributed by atoms with Gasteiger partial charge in [0, 0.05) is 0 Å². The lowest BCUT2D eigenvalue weighted by Crippen LogP contribution is -2.44. The lowest BCUT2D eigenvalue weighted by molar-refractivity contribution is -0.184. The van der Waals surface area contributed by atoms with Crippen LogP contribution < -0.4 is 0 Å². The van der Waals surface area contributed by atoms with Crippen LogP contribution in [0.15, 0.2) is 0 Å². The predicted molar refractivity (Wildman–Crippen MR) is 119 cm³/mol. The van der Waals surface area contributed by atoms with Gasteiger partial charge in [-0.05, 0) is 38.5 Å². The van der Waals surface area contributed by atoms with Gasteiger partial charge in [-0.1, -0.05) is 104 Å². The molecule has 0 unspecified atom stereocenters. The van der Waals surface area contributed by atoms with Crippen molar-refractivity contribution in [3.63, 3.8) is 0 Å². The molecule has 0 saturated carbocycles. The van der Waals surface area contributed by atoms with Crippen LogP contribution in [-0.2, 0) is 9.53 Å². The van der Waals surface area contributed by atoms with E-state index in [4.69, 9.17) is 4.74 Å². The minimum absolute atomic E-state index is 0.291. The third-order valence-corrected chi connectivity index (χ3v) is 6.43. The molecule has 1 aliphatic rings. The van der Waals surface area contributed by atoms with E-state index >= 15 is 0 Å². The first-order valence-electron chi connectivity index (χ1n) is 12.5. The number of aliphatic hydroxyl groups excluding tert-OH is 1. The maximum atomic E-state index is 12.0. The van der Waals surface area contributed by atoms with Gasteiger partial charge in [0.25, 0.3) is 0 Å². The molecule has 1 saturated heterocycles. The largest absolute Gasteiger partial charge is 0.457 e. The van der Waals surface area contributed by atoms with Gasteiger partial charge in [0.05, 0.1) is 0 Å². The molecule has 0 amide bonds. The second-order valence-electron chi connectivity index (χ2n) is 9.11. The minimum atomic E-state index is -0.898. The Morgan fingerprint density at radius 2 is 1.14 bits per heavy atom. The number of carbonyl (C=O) groups is 1. The van der Waals surface area contributed by atoms with Crippen LogP contribution in [0.5, 0.6) is 0 Å². The van der Waals surface area contributed by atoms with Crippen LogP contribution in [0.4, 0.5) is 0 Å². The van der Waals surface area contributed by atoms with E-state index < -0.39 is 6.10 Å². The fourth-order valence-electron chi connectivity index (χ4n) is 4.49. The van der Waals surface area contributed by atoms with Crippen molar-refractivity contribution in [1.29, 1.82) is 0 Å². The zero-order chi connectivity index (χ0) is 20.5. The van der Waals surface area contributed by atoms with Crippen LogP contribution >= 0.6 is 0 Å². The summed E-state index contributed by atoms with van der Waals surface area (Å²) in [6.45, 7) is 4.52. The molecular formula is C25H48O3. The zero-order valence-corrected chi connectivity index (χ0v) is 19.0. The molecule has 1 rings (SSSR count). The molecule has 1 fully saturated rings. The number of esters is 1. The Bertz CT molecular complexity index is 360. The highest BCUT2D eigenvalue weighted by molar-refractivity contribution is 5.75. The number of rotatable bonds is 18. The summed E-state index contributed by atoms with van der Waals surface area (Å²) >= 11 is 0. The Hall–Kier alpha value is -0.570. The lowest BCUT2D eigenvalue weighted by atomic mass is 9.83. The summed E-state index contributed by atoms with van der Waals surface area (Å²) in [5, 5.41) is 9.76. The Labute approximate surface area is 175 Å². The highest BCUT2D eigenvalue weighted by Crippen LogP contribution is 2.36. The van der Waals surface area contributed by atoms with Gasteiger partial charge < -0.3 is 9.84 Å². The monoisotopic (exact) mass is 396 g/mol. The van der Waals surface area contributed by atoms with E-state index in [1.165, 1.54) is 89.9 Å². The second-order valence-corrected chi connectivity index (χ2v) is 9.11. The van der Waals surface area contributed by atoms with Crippen molar-refractivity contribution in [3.8, 4) is 0 Å². The molecule has 166 valence electrons. The average Bonchev–Trinajstić information content (AvgIpc) is 2.69. The Morgan fingerprint density at radius 3 is 1.54 bits per heavy atom. The first kappa shape index (κ1) is 25.5. The van der Waals surface area contributed by atoms with Crippen LogP contribution in [0.2, 0.25) is 0 Å². The topological polar surface area (TPSA) is 46.5 Å². The number of hydrogen-bond donors (Lipinski definition) is 1. The van der Waals surface area contributed by atoms with E-state index in [2.05, 4.69) is 13.8 Å². The van der Waals surface area contributed by atoms with Gasteiger partial charge in [-0.3, -0.25) is 0 Å². The number of carbonyl (C=O) groups excluding carboxylic acids is 1. The van der Waals surface area contributed by atoms with Crippen LogP contribution in [0, 0.1) is 0 Å². The molecule has 1 heterocycles. The average molecular weight is 397 g/mol. The van der Waals surface area contributed by atoms with E-state index in [0.29, 0.717) is 6.42 Å². The lowest BCUT2D eigenvalue weighted by Gasteiger charge is -2.38. The van der Waals surface area contributed by atoms with Gasteiger partial charge in [0.15, 0.2) is 6.10 Å². The molecule has 0 aromatic rings. The van der Waals surface area contributed by atoms with Crippen LogP contribution in [0.3, 0.4) is 0 Å². The zero-order valence-electron chi connectivity index (χ0n) is 19.0. The number of cyclic esters (lactones) is 1. The van der Waals surface area contributed by atoms with Crippen LogP contribution in [-0.4, -0.2) is 22.8 Å². The standard InChI is InChI=1S/C25H48O3/c1-3-5-7-9-11-13-15-17-20-25(22-19-23(26)24(27)28-25)21-18-16-14-12-10-8-6-4-2/h23,26H,3-22H2,1-2H3/t23-/m0/s1. The summed E-state index contributed by atoms with van der Waals surface area (Å²) in [7, 11) is 0. The molecular weight excluding hydrogens is 348 g/mol. The minimum Gasteiger partial charge on any atom is -0.457 e. The highest BCUT2D eigenvalue weighted by atomic mass is 16.6. The summed E-state index contributed by atoms with van der Waals surface area (Å²) in [5.74, 6) is -0.384. The van der Waals surface area contributed by atoms with Gasteiger partial charge >= 0.3 is 5.97 Å². The molecule has 0 radical (unpaired) electrons. The molecule has 1 N–H and O–H groups in total. The van der Waals surface area contributed by atoms with Crippen LogP contribution in [0.1, 0.15) is 142 Å². The fourth-order valence-corrected chi connectivity index (χ4v) is 4.49.